The Bertz CT molecular complexity index is 527. The van der Waals surface area contributed by atoms with Crippen LogP contribution in [0.4, 0.5) is 0 Å². The lowest BCUT2D eigenvalue weighted by atomic mass is 10.1. The number of ether oxygens (including phenoxy) is 1. The summed E-state index contributed by atoms with van der Waals surface area (Å²) in [5, 5.41) is 1.80. The number of carbonyl (C=O) groups excluding carboxylic acids is 1. The summed E-state index contributed by atoms with van der Waals surface area (Å²) in [6.07, 6.45) is 3.41. The number of methoxy groups -OCH3 is 1. The minimum Gasteiger partial charge on any atom is -0.469 e. The van der Waals surface area contributed by atoms with Gasteiger partial charge in [-0.25, -0.2) is 18.1 Å². The summed E-state index contributed by atoms with van der Waals surface area (Å²) in [6, 6.07) is 0. The summed E-state index contributed by atoms with van der Waals surface area (Å²) in [7, 11) is -2.24. The molecule has 0 radical (unpaired) electrons. The molecule has 1 aliphatic carbocycles. The Morgan fingerprint density at radius 3 is 3.00 bits per heavy atom. The molecule has 2 unspecified atom stereocenters. The second-order valence-electron chi connectivity index (χ2n) is 4.39. The molecule has 106 valence electrons. The van der Waals surface area contributed by atoms with Gasteiger partial charge in [0.2, 0.25) is 10.0 Å². The molecule has 2 atom stereocenters. The number of aromatic nitrogens is 1. The summed E-state index contributed by atoms with van der Waals surface area (Å²) >= 11 is 1.39. The fourth-order valence-corrected chi connectivity index (χ4v) is 4.68. The lowest BCUT2D eigenvalue weighted by Gasteiger charge is -2.18. The fraction of sp³-hybridized carbons (Fsp3) is 0.636. The number of carbonyl (C=O) groups is 1. The zero-order valence-electron chi connectivity index (χ0n) is 10.5. The van der Waals surface area contributed by atoms with Crippen molar-refractivity contribution < 1.29 is 17.9 Å². The lowest BCUT2D eigenvalue weighted by Crippen LogP contribution is -2.39. The molecule has 0 aliphatic heterocycles. The Hall–Kier alpha value is -0.990. The van der Waals surface area contributed by atoms with Crippen LogP contribution in [0, 0.1) is 5.92 Å². The SMILES string of the molecule is COC(=O)C1CCCC1S(=O)(=O)NCc1nccs1. The lowest BCUT2D eigenvalue weighted by molar-refractivity contribution is -0.145. The van der Waals surface area contributed by atoms with Crippen molar-refractivity contribution >= 4 is 27.3 Å². The first-order valence-corrected chi connectivity index (χ1v) is 8.42. The normalized spacial score (nSPS) is 23.4. The van der Waals surface area contributed by atoms with E-state index in [2.05, 4.69) is 14.4 Å². The third kappa shape index (κ3) is 3.31. The van der Waals surface area contributed by atoms with Crippen molar-refractivity contribution in [1.29, 1.82) is 0 Å². The monoisotopic (exact) mass is 304 g/mol. The maximum atomic E-state index is 12.2. The molecule has 0 bridgehead atoms. The number of hydrogen-bond acceptors (Lipinski definition) is 6. The summed E-state index contributed by atoms with van der Waals surface area (Å²) in [5.41, 5.74) is 0. The van der Waals surface area contributed by atoms with E-state index < -0.39 is 27.2 Å². The van der Waals surface area contributed by atoms with E-state index >= 15 is 0 Å². The smallest absolute Gasteiger partial charge is 0.310 e. The van der Waals surface area contributed by atoms with Crippen LogP contribution in [0.25, 0.3) is 0 Å². The molecule has 1 N–H and O–H groups in total. The van der Waals surface area contributed by atoms with E-state index in [1.807, 2.05) is 0 Å². The van der Waals surface area contributed by atoms with Gasteiger partial charge in [-0.05, 0) is 12.8 Å². The van der Waals surface area contributed by atoms with Crippen molar-refractivity contribution in [1.82, 2.24) is 9.71 Å². The number of nitrogens with zero attached hydrogens (tertiary/aromatic N) is 1. The van der Waals surface area contributed by atoms with Crippen molar-refractivity contribution in [3.8, 4) is 0 Å². The Kier molecular flexibility index (Phi) is 4.54. The van der Waals surface area contributed by atoms with Gasteiger partial charge in [0.25, 0.3) is 0 Å². The van der Waals surface area contributed by atoms with E-state index in [-0.39, 0.29) is 6.54 Å². The summed E-state index contributed by atoms with van der Waals surface area (Å²) in [5.74, 6) is -0.999. The highest BCUT2D eigenvalue weighted by atomic mass is 32.2. The van der Waals surface area contributed by atoms with Crippen LogP contribution in [0.15, 0.2) is 11.6 Å². The second kappa shape index (κ2) is 5.98. The molecule has 0 amide bonds. The zero-order valence-corrected chi connectivity index (χ0v) is 12.2. The largest absolute Gasteiger partial charge is 0.469 e. The van der Waals surface area contributed by atoms with E-state index in [1.54, 1.807) is 11.6 Å². The number of esters is 1. The van der Waals surface area contributed by atoms with Gasteiger partial charge in [-0.3, -0.25) is 4.79 Å². The zero-order chi connectivity index (χ0) is 13.9. The average molecular weight is 304 g/mol. The van der Waals surface area contributed by atoms with Gasteiger partial charge in [0, 0.05) is 11.6 Å². The first kappa shape index (κ1) is 14.4. The summed E-state index contributed by atoms with van der Waals surface area (Å²) in [6.45, 7) is 0.171. The third-order valence-corrected chi connectivity index (χ3v) is 5.95. The Labute approximate surface area is 116 Å². The molecule has 8 heteroatoms. The maximum Gasteiger partial charge on any atom is 0.310 e. The molecule has 0 aromatic carbocycles. The first-order chi connectivity index (χ1) is 9.04. The molecular formula is C11H16N2O4S2. The van der Waals surface area contributed by atoms with Gasteiger partial charge in [-0.1, -0.05) is 6.42 Å². The molecule has 19 heavy (non-hydrogen) atoms. The molecule has 2 rings (SSSR count). The van der Waals surface area contributed by atoms with Crippen LogP contribution < -0.4 is 4.72 Å². The molecule has 1 aliphatic rings. The molecule has 6 nitrogen and oxygen atoms in total. The Balaban J connectivity index is 2.04. The molecule has 1 aromatic rings. The van der Waals surface area contributed by atoms with Gasteiger partial charge in [0.1, 0.15) is 5.01 Å². The summed E-state index contributed by atoms with van der Waals surface area (Å²) < 4.78 is 31.6. The Morgan fingerprint density at radius 2 is 2.37 bits per heavy atom. The minimum atomic E-state index is -3.52. The van der Waals surface area contributed by atoms with Crippen molar-refractivity contribution in [2.24, 2.45) is 5.92 Å². The second-order valence-corrected chi connectivity index (χ2v) is 7.35. The van der Waals surface area contributed by atoms with E-state index in [1.165, 1.54) is 18.4 Å². The predicted molar refractivity (Wildman–Crippen MR) is 71.0 cm³/mol. The van der Waals surface area contributed by atoms with Crippen LogP contribution in [0.1, 0.15) is 24.3 Å². The average Bonchev–Trinajstić information content (AvgIpc) is 3.06. The van der Waals surface area contributed by atoms with Crippen LogP contribution in [-0.2, 0) is 26.1 Å². The van der Waals surface area contributed by atoms with E-state index in [0.29, 0.717) is 17.8 Å². The van der Waals surface area contributed by atoms with Gasteiger partial charge in [0.05, 0.1) is 24.8 Å². The quantitative estimate of drug-likeness (QED) is 0.817. The number of hydrogen-bond donors (Lipinski definition) is 1. The number of thiazole rings is 1. The van der Waals surface area contributed by atoms with E-state index in [9.17, 15) is 13.2 Å². The van der Waals surface area contributed by atoms with E-state index in [4.69, 9.17) is 0 Å². The first-order valence-electron chi connectivity index (χ1n) is 5.99. The number of sulfonamides is 1. The highest BCUT2D eigenvalue weighted by Crippen LogP contribution is 2.31. The van der Waals surface area contributed by atoms with Gasteiger partial charge < -0.3 is 4.74 Å². The van der Waals surface area contributed by atoms with Crippen molar-refractivity contribution in [2.45, 2.75) is 31.1 Å². The van der Waals surface area contributed by atoms with Crippen LogP contribution >= 0.6 is 11.3 Å². The molecular weight excluding hydrogens is 288 g/mol. The maximum absolute atomic E-state index is 12.2. The minimum absolute atomic E-state index is 0.171. The van der Waals surface area contributed by atoms with Crippen LogP contribution in [-0.4, -0.2) is 31.7 Å². The number of nitrogens with one attached hydrogen (secondary N) is 1. The fourth-order valence-electron chi connectivity index (χ4n) is 2.33. The van der Waals surface area contributed by atoms with Gasteiger partial charge in [-0.15, -0.1) is 11.3 Å². The van der Waals surface area contributed by atoms with Gasteiger partial charge in [0.15, 0.2) is 0 Å². The van der Waals surface area contributed by atoms with Gasteiger partial charge >= 0.3 is 5.97 Å². The highest BCUT2D eigenvalue weighted by Gasteiger charge is 2.42. The Morgan fingerprint density at radius 1 is 1.58 bits per heavy atom. The van der Waals surface area contributed by atoms with Gasteiger partial charge in [-0.2, -0.15) is 0 Å². The highest BCUT2D eigenvalue weighted by molar-refractivity contribution is 7.90. The molecule has 1 fully saturated rings. The van der Waals surface area contributed by atoms with Crippen LogP contribution in [0.2, 0.25) is 0 Å². The topological polar surface area (TPSA) is 85.4 Å². The standard InChI is InChI=1S/C11H16N2O4S2/c1-17-11(14)8-3-2-4-9(8)19(15,16)13-7-10-12-5-6-18-10/h5-6,8-9,13H,2-4,7H2,1H3. The predicted octanol–water partition coefficient (Wildman–Crippen LogP) is 0.904. The van der Waals surface area contributed by atoms with E-state index in [0.717, 1.165) is 6.42 Å². The molecule has 1 heterocycles. The van der Waals surface area contributed by atoms with Crippen molar-refractivity contribution in [3.05, 3.63) is 16.6 Å². The molecule has 1 saturated carbocycles. The van der Waals surface area contributed by atoms with Crippen LogP contribution in [0.3, 0.4) is 0 Å². The molecule has 0 saturated heterocycles. The van der Waals surface area contributed by atoms with Crippen molar-refractivity contribution in [3.63, 3.8) is 0 Å². The summed E-state index contributed by atoms with van der Waals surface area (Å²) in [4.78, 5) is 15.6. The van der Waals surface area contributed by atoms with Crippen molar-refractivity contribution in [2.75, 3.05) is 7.11 Å². The molecule has 1 aromatic heterocycles. The molecule has 0 spiro atoms. The number of rotatable bonds is 5. The third-order valence-electron chi connectivity index (χ3n) is 3.26. The van der Waals surface area contributed by atoms with Crippen LogP contribution in [0.5, 0.6) is 0 Å².